The van der Waals surface area contributed by atoms with E-state index in [2.05, 4.69) is 19.2 Å². The van der Waals surface area contributed by atoms with E-state index in [1.165, 1.54) is 19.4 Å². The maximum absolute atomic E-state index is 5.61. The Kier molecular flexibility index (Phi) is 3.87. The lowest BCUT2D eigenvalue weighted by atomic mass is 10.1. The average Bonchev–Trinajstić information content (AvgIpc) is 2.52. The van der Waals surface area contributed by atoms with Gasteiger partial charge in [0.1, 0.15) is 0 Å². The molecule has 11 heavy (non-hydrogen) atoms. The van der Waals surface area contributed by atoms with Crippen LogP contribution in [0.25, 0.3) is 0 Å². The van der Waals surface area contributed by atoms with Crippen molar-refractivity contribution in [3.8, 4) is 0 Å². The Morgan fingerprint density at radius 2 is 2.45 bits per heavy atom. The second-order valence-corrected chi connectivity index (χ2v) is 3.28. The van der Waals surface area contributed by atoms with Crippen molar-refractivity contribution in [2.24, 2.45) is 0 Å². The van der Waals surface area contributed by atoms with Crippen LogP contribution in [0.2, 0.25) is 0 Å². The third-order valence-electron chi connectivity index (χ3n) is 2.25. The Morgan fingerprint density at radius 3 is 3.00 bits per heavy atom. The van der Waals surface area contributed by atoms with Gasteiger partial charge in [-0.2, -0.15) is 0 Å². The molecule has 0 spiro atoms. The summed E-state index contributed by atoms with van der Waals surface area (Å²) in [5.41, 5.74) is 0. The van der Waals surface area contributed by atoms with E-state index in [9.17, 15) is 0 Å². The van der Waals surface area contributed by atoms with E-state index < -0.39 is 0 Å². The van der Waals surface area contributed by atoms with E-state index >= 15 is 0 Å². The van der Waals surface area contributed by atoms with Gasteiger partial charge in [-0.25, -0.2) is 0 Å². The lowest BCUT2D eigenvalue weighted by Crippen LogP contribution is -2.34. The number of ether oxygens (including phenoxy) is 1. The van der Waals surface area contributed by atoms with Crippen molar-refractivity contribution < 1.29 is 4.74 Å². The molecule has 0 saturated carbocycles. The Labute approximate surface area is 69.3 Å². The molecule has 0 aromatic heterocycles. The molecule has 1 aliphatic heterocycles. The molecule has 1 fully saturated rings. The van der Waals surface area contributed by atoms with Crippen molar-refractivity contribution in [3.63, 3.8) is 0 Å². The molecule has 0 bridgehead atoms. The second-order valence-electron chi connectivity index (χ2n) is 3.28. The largest absolute Gasteiger partial charge is 0.377 e. The van der Waals surface area contributed by atoms with Crippen LogP contribution in [0.1, 0.15) is 33.1 Å². The Morgan fingerprint density at radius 1 is 1.64 bits per heavy atom. The van der Waals surface area contributed by atoms with Crippen molar-refractivity contribution in [2.75, 3.05) is 13.2 Å². The normalized spacial score (nSPS) is 27.3. The highest BCUT2D eigenvalue weighted by molar-refractivity contribution is 4.79. The molecule has 1 N–H and O–H groups in total. The van der Waals surface area contributed by atoms with E-state index in [-0.39, 0.29) is 0 Å². The van der Waals surface area contributed by atoms with Crippen LogP contribution in [0, 0.1) is 0 Å². The molecule has 1 aliphatic rings. The molecule has 0 aromatic rings. The molecule has 2 heteroatoms. The lowest BCUT2D eigenvalue weighted by molar-refractivity contribution is 0.0440. The highest BCUT2D eigenvalue weighted by Gasteiger charge is 2.20. The summed E-state index contributed by atoms with van der Waals surface area (Å²) in [6.45, 7) is 6.39. The first-order valence-electron chi connectivity index (χ1n) is 4.69. The van der Waals surface area contributed by atoms with Gasteiger partial charge in [0.25, 0.3) is 0 Å². The van der Waals surface area contributed by atoms with Crippen molar-refractivity contribution >= 4 is 0 Å². The molecule has 2 nitrogen and oxygen atoms in total. The Bertz CT molecular complexity index is 99.7. The van der Waals surface area contributed by atoms with Crippen LogP contribution >= 0.6 is 0 Å². The quantitative estimate of drug-likeness (QED) is 0.668. The minimum atomic E-state index is 0.400. The van der Waals surface area contributed by atoms with Gasteiger partial charge in [-0.15, -0.1) is 0 Å². The van der Waals surface area contributed by atoms with Crippen LogP contribution in [0.15, 0.2) is 0 Å². The van der Waals surface area contributed by atoms with Gasteiger partial charge < -0.3 is 10.1 Å². The van der Waals surface area contributed by atoms with E-state index in [1.54, 1.807) is 0 Å². The van der Waals surface area contributed by atoms with Gasteiger partial charge in [-0.1, -0.05) is 6.92 Å². The van der Waals surface area contributed by atoms with E-state index in [1.807, 2.05) is 0 Å². The summed E-state index contributed by atoms with van der Waals surface area (Å²) in [5.74, 6) is 0. The first-order chi connectivity index (χ1) is 5.34. The van der Waals surface area contributed by atoms with Crippen LogP contribution in [0.5, 0.6) is 0 Å². The van der Waals surface area contributed by atoms with Crippen molar-refractivity contribution in [1.82, 2.24) is 5.32 Å². The van der Waals surface area contributed by atoms with Crippen LogP contribution < -0.4 is 5.32 Å². The fourth-order valence-corrected chi connectivity index (χ4v) is 1.53. The maximum atomic E-state index is 5.61. The van der Waals surface area contributed by atoms with E-state index in [0.29, 0.717) is 12.1 Å². The van der Waals surface area contributed by atoms with Crippen molar-refractivity contribution in [3.05, 3.63) is 0 Å². The molecular formula is C9H19NO. The van der Waals surface area contributed by atoms with Crippen molar-refractivity contribution in [1.29, 1.82) is 0 Å². The average molecular weight is 157 g/mol. The molecule has 1 heterocycles. The lowest BCUT2D eigenvalue weighted by Gasteiger charge is -2.19. The fraction of sp³-hybridized carbons (Fsp3) is 1.00. The third kappa shape index (κ3) is 2.80. The zero-order chi connectivity index (χ0) is 8.10. The van der Waals surface area contributed by atoms with E-state index in [4.69, 9.17) is 4.74 Å². The number of rotatable bonds is 4. The van der Waals surface area contributed by atoms with E-state index in [0.717, 1.165) is 13.0 Å². The first kappa shape index (κ1) is 9.01. The van der Waals surface area contributed by atoms with Gasteiger partial charge in [-0.3, -0.25) is 0 Å². The summed E-state index contributed by atoms with van der Waals surface area (Å²) in [5, 5.41) is 3.44. The Hall–Kier alpha value is -0.0800. The highest BCUT2D eigenvalue weighted by Crippen LogP contribution is 2.11. The summed E-state index contributed by atoms with van der Waals surface area (Å²) in [6.07, 6.45) is 4.12. The van der Waals surface area contributed by atoms with Gasteiger partial charge >= 0.3 is 0 Å². The van der Waals surface area contributed by atoms with Crippen LogP contribution in [0.4, 0.5) is 0 Å². The van der Waals surface area contributed by atoms with Gasteiger partial charge in [0.2, 0.25) is 0 Å². The first-order valence-corrected chi connectivity index (χ1v) is 4.69. The zero-order valence-electron chi connectivity index (χ0n) is 7.60. The molecule has 2 atom stereocenters. The monoisotopic (exact) mass is 157 g/mol. The van der Waals surface area contributed by atoms with Crippen LogP contribution in [0.3, 0.4) is 0 Å². The summed E-state index contributed by atoms with van der Waals surface area (Å²) in [4.78, 5) is 0. The van der Waals surface area contributed by atoms with Gasteiger partial charge in [0, 0.05) is 12.6 Å². The van der Waals surface area contributed by atoms with Gasteiger partial charge in [0.05, 0.1) is 6.10 Å². The maximum Gasteiger partial charge on any atom is 0.0699 e. The smallest absolute Gasteiger partial charge is 0.0699 e. The minimum Gasteiger partial charge on any atom is -0.377 e. The fourth-order valence-electron chi connectivity index (χ4n) is 1.53. The number of nitrogens with one attached hydrogen (secondary N) is 1. The van der Waals surface area contributed by atoms with Crippen LogP contribution in [-0.2, 0) is 4.74 Å². The molecule has 1 saturated heterocycles. The minimum absolute atomic E-state index is 0.400. The highest BCUT2D eigenvalue weighted by atomic mass is 16.5. The predicted molar refractivity (Wildman–Crippen MR) is 46.7 cm³/mol. The molecule has 1 rings (SSSR count). The molecular weight excluding hydrogens is 138 g/mol. The predicted octanol–water partition coefficient (Wildman–Crippen LogP) is 1.55. The van der Waals surface area contributed by atoms with Gasteiger partial charge in [0.15, 0.2) is 0 Å². The number of hydrogen-bond donors (Lipinski definition) is 1. The van der Waals surface area contributed by atoms with Gasteiger partial charge in [-0.05, 0) is 32.7 Å². The SMILES string of the molecule is CCCOC(C)C1CCCN1. The zero-order valence-corrected chi connectivity index (χ0v) is 7.60. The topological polar surface area (TPSA) is 21.3 Å². The summed E-state index contributed by atoms with van der Waals surface area (Å²) >= 11 is 0. The van der Waals surface area contributed by atoms with Crippen LogP contribution in [-0.4, -0.2) is 25.3 Å². The molecule has 2 unspecified atom stereocenters. The third-order valence-corrected chi connectivity index (χ3v) is 2.25. The Balaban J connectivity index is 2.12. The molecule has 66 valence electrons. The summed E-state index contributed by atoms with van der Waals surface area (Å²) < 4.78 is 5.61. The molecule has 0 aliphatic carbocycles. The van der Waals surface area contributed by atoms with Crippen molar-refractivity contribution in [2.45, 2.75) is 45.3 Å². The summed E-state index contributed by atoms with van der Waals surface area (Å²) in [7, 11) is 0. The second kappa shape index (κ2) is 4.73. The standard InChI is InChI=1S/C9H19NO/c1-3-7-11-8(2)9-5-4-6-10-9/h8-10H,3-7H2,1-2H3. The summed E-state index contributed by atoms with van der Waals surface area (Å²) in [6, 6.07) is 0.613. The molecule has 0 amide bonds. The number of hydrogen-bond acceptors (Lipinski definition) is 2. The molecule has 0 aromatic carbocycles. The molecule has 0 radical (unpaired) electrons.